The number of methoxy groups -OCH3 is 2. The molecule has 2 N–H and O–H groups in total. The number of anilines is 1. The van der Waals surface area contributed by atoms with E-state index in [-0.39, 0.29) is 16.8 Å². The van der Waals surface area contributed by atoms with E-state index in [4.69, 9.17) is 0 Å². The number of esters is 2. The molecule has 7 heteroatoms. The number of benzene rings is 1. The molecular weight excluding hydrogens is 254 g/mol. The Hall–Kier alpha value is -2.57. The molecule has 1 rings (SSSR count). The van der Waals surface area contributed by atoms with Gasteiger partial charge in [0.25, 0.3) is 0 Å². The molecule has 0 saturated carbocycles. The van der Waals surface area contributed by atoms with Gasteiger partial charge in [-0.15, -0.1) is 0 Å². The molecule has 0 radical (unpaired) electrons. The van der Waals surface area contributed by atoms with Crippen LogP contribution in [0.3, 0.4) is 0 Å². The molecule has 0 saturated heterocycles. The summed E-state index contributed by atoms with van der Waals surface area (Å²) in [5, 5.41) is 12.1. The number of hydrogen-bond acceptors (Lipinski definition) is 6. The van der Waals surface area contributed by atoms with Crippen LogP contribution in [0.2, 0.25) is 0 Å². The number of phenols is 1. The number of nitrogens with one attached hydrogen (secondary N) is 1. The maximum Gasteiger partial charge on any atom is 0.342 e. The van der Waals surface area contributed by atoms with Gasteiger partial charge >= 0.3 is 11.9 Å². The monoisotopic (exact) mass is 267 g/mol. The minimum atomic E-state index is -0.912. The molecule has 19 heavy (non-hydrogen) atoms. The van der Waals surface area contributed by atoms with Crippen LogP contribution in [0.25, 0.3) is 0 Å². The Morgan fingerprint density at radius 2 is 1.58 bits per heavy atom. The summed E-state index contributed by atoms with van der Waals surface area (Å²) in [6.45, 7) is 1.24. The average Bonchev–Trinajstić information content (AvgIpc) is 2.38. The van der Waals surface area contributed by atoms with Crippen molar-refractivity contribution < 1.29 is 29.0 Å². The van der Waals surface area contributed by atoms with Gasteiger partial charge in [-0.05, 0) is 12.1 Å². The number of hydrogen-bond donors (Lipinski definition) is 2. The fraction of sp³-hybridized carbons (Fsp3) is 0.250. The molecule has 1 amide bonds. The first-order chi connectivity index (χ1) is 8.92. The van der Waals surface area contributed by atoms with Crippen molar-refractivity contribution in [3.8, 4) is 5.75 Å². The highest BCUT2D eigenvalue weighted by atomic mass is 16.5. The van der Waals surface area contributed by atoms with E-state index < -0.39 is 23.6 Å². The summed E-state index contributed by atoms with van der Waals surface area (Å²) in [6.07, 6.45) is 0. The van der Waals surface area contributed by atoms with Crippen LogP contribution >= 0.6 is 0 Å². The lowest BCUT2D eigenvalue weighted by Crippen LogP contribution is -2.17. The predicted octanol–water partition coefficient (Wildman–Crippen LogP) is 0.924. The molecule has 0 heterocycles. The van der Waals surface area contributed by atoms with Gasteiger partial charge in [0.05, 0.1) is 19.9 Å². The van der Waals surface area contributed by atoms with Crippen LogP contribution in [0, 0.1) is 0 Å². The normalized spacial score (nSPS) is 9.63. The van der Waals surface area contributed by atoms with E-state index in [0.29, 0.717) is 0 Å². The third-order valence-electron chi connectivity index (χ3n) is 2.27. The van der Waals surface area contributed by atoms with E-state index in [1.807, 2.05) is 0 Å². The van der Waals surface area contributed by atoms with Crippen molar-refractivity contribution >= 4 is 23.5 Å². The van der Waals surface area contributed by atoms with Crippen molar-refractivity contribution in [2.75, 3.05) is 19.5 Å². The Balaban J connectivity index is 3.54. The lowest BCUT2D eigenvalue weighted by molar-refractivity contribution is -0.114. The molecule has 0 atom stereocenters. The maximum atomic E-state index is 11.7. The highest BCUT2D eigenvalue weighted by molar-refractivity contribution is 6.10. The van der Waals surface area contributed by atoms with Crippen molar-refractivity contribution in [3.05, 3.63) is 23.3 Å². The summed E-state index contributed by atoms with van der Waals surface area (Å²) in [6, 6.07) is 2.46. The van der Waals surface area contributed by atoms with Gasteiger partial charge in [0, 0.05) is 6.92 Å². The van der Waals surface area contributed by atoms with Crippen molar-refractivity contribution in [2.45, 2.75) is 6.92 Å². The molecule has 7 nitrogen and oxygen atoms in total. The van der Waals surface area contributed by atoms with E-state index in [1.165, 1.54) is 19.1 Å². The summed E-state index contributed by atoms with van der Waals surface area (Å²) >= 11 is 0. The first-order valence-corrected chi connectivity index (χ1v) is 5.22. The fourth-order valence-electron chi connectivity index (χ4n) is 1.51. The lowest BCUT2D eigenvalue weighted by Gasteiger charge is -2.13. The summed E-state index contributed by atoms with van der Waals surface area (Å²) in [5.41, 5.74) is -0.567. The van der Waals surface area contributed by atoms with Crippen molar-refractivity contribution in [1.82, 2.24) is 0 Å². The van der Waals surface area contributed by atoms with Crippen LogP contribution in [0.15, 0.2) is 12.1 Å². The summed E-state index contributed by atoms with van der Waals surface area (Å²) in [7, 11) is 2.22. The second kappa shape index (κ2) is 5.85. The highest BCUT2D eigenvalue weighted by Gasteiger charge is 2.26. The van der Waals surface area contributed by atoms with E-state index in [1.54, 1.807) is 0 Å². The third-order valence-corrected chi connectivity index (χ3v) is 2.27. The molecule has 0 aliphatic heterocycles. The summed E-state index contributed by atoms with van der Waals surface area (Å²) in [4.78, 5) is 34.4. The van der Waals surface area contributed by atoms with E-state index >= 15 is 0 Å². The highest BCUT2D eigenvalue weighted by Crippen LogP contribution is 2.29. The van der Waals surface area contributed by atoms with Crippen LogP contribution < -0.4 is 5.32 Å². The SMILES string of the molecule is COC(=O)c1c(O)ccc(NC(C)=O)c1C(=O)OC. The van der Waals surface area contributed by atoms with Gasteiger partial charge in [0.15, 0.2) is 0 Å². The number of rotatable bonds is 3. The number of ether oxygens (including phenoxy) is 2. The van der Waals surface area contributed by atoms with E-state index in [0.717, 1.165) is 14.2 Å². The molecule has 0 aliphatic carbocycles. The van der Waals surface area contributed by atoms with Crippen molar-refractivity contribution in [3.63, 3.8) is 0 Å². The molecule has 0 spiro atoms. The lowest BCUT2D eigenvalue weighted by atomic mass is 10.0. The Bertz CT molecular complexity index is 537. The van der Waals surface area contributed by atoms with Crippen LogP contribution in [0.5, 0.6) is 5.75 Å². The topological polar surface area (TPSA) is 102 Å². The number of amides is 1. The quantitative estimate of drug-likeness (QED) is 0.623. The molecule has 0 bridgehead atoms. The minimum absolute atomic E-state index is 0.0533. The Morgan fingerprint density at radius 3 is 2.05 bits per heavy atom. The van der Waals surface area contributed by atoms with Gasteiger partial charge in [0.1, 0.15) is 16.9 Å². The Morgan fingerprint density at radius 1 is 1.05 bits per heavy atom. The van der Waals surface area contributed by atoms with Gasteiger partial charge < -0.3 is 19.9 Å². The third kappa shape index (κ3) is 3.01. The Kier molecular flexibility index (Phi) is 4.46. The molecule has 0 unspecified atom stereocenters. The van der Waals surface area contributed by atoms with Gasteiger partial charge in [-0.1, -0.05) is 0 Å². The smallest absolute Gasteiger partial charge is 0.342 e. The maximum absolute atomic E-state index is 11.7. The second-order valence-corrected chi connectivity index (χ2v) is 3.55. The first kappa shape index (κ1) is 14.5. The zero-order valence-electron chi connectivity index (χ0n) is 10.6. The molecule has 0 fully saturated rings. The largest absolute Gasteiger partial charge is 0.507 e. The van der Waals surface area contributed by atoms with Gasteiger partial charge in [-0.2, -0.15) is 0 Å². The van der Waals surface area contributed by atoms with Crippen LogP contribution in [0.4, 0.5) is 5.69 Å². The number of carbonyl (C=O) groups is 3. The minimum Gasteiger partial charge on any atom is -0.507 e. The van der Waals surface area contributed by atoms with Crippen molar-refractivity contribution in [1.29, 1.82) is 0 Å². The van der Waals surface area contributed by atoms with Crippen LogP contribution in [-0.2, 0) is 14.3 Å². The van der Waals surface area contributed by atoms with Gasteiger partial charge in [-0.25, -0.2) is 9.59 Å². The predicted molar refractivity (Wildman–Crippen MR) is 65.1 cm³/mol. The molecule has 0 aliphatic rings. The average molecular weight is 267 g/mol. The fourth-order valence-corrected chi connectivity index (χ4v) is 1.51. The molecule has 0 aromatic heterocycles. The second-order valence-electron chi connectivity index (χ2n) is 3.55. The summed E-state index contributed by atoms with van der Waals surface area (Å²) in [5.74, 6) is -2.67. The number of phenolic OH excluding ortho intramolecular Hbond substituents is 1. The summed E-state index contributed by atoms with van der Waals surface area (Å²) < 4.78 is 9.03. The molecule has 1 aromatic carbocycles. The van der Waals surface area contributed by atoms with Gasteiger partial charge in [-0.3, -0.25) is 4.79 Å². The van der Waals surface area contributed by atoms with Gasteiger partial charge in [0.2, 0.25) is 5.91 Å². The standard InChI is InChI=1S/C12H13NO6/c1-6(14)13-7-4-5-8(15)10(12(17)19-3)9(7)11(16)18-2/h4-5,15H,1-3H3,(H,13,14). The van der Waals surface area contributed by atoms with Crippen molar-refractivity contribution in [2.24, 2.45) is 0 Å². The zero-order valence-corrected chi connectivity index (χ0v) is 10.6. The van der Waals surface area contributed by atoms with Crippen LogP contribution in [-0.4, -0.2) is 37.2 Å². The first-order valence-electron chi connectivity index (χ1n) is 5.22. The molecular formula is C12H13NO6. The number of aromatic hydroxyl groups is 1. The number of carbonyl (C=O) groups excluding carboxylic acids is 3. The zero-order chi connectivity index (χ0) is 14.6. The molecule has 1 aromatic rings. The van der Waals surface area contributed by atoms with E-state index in [2.05, 4.69) is 14.8 Å². The van der Waals surface area contributed by atoms with Crippen LogP contribution in [0.1, 0.15) is 27.6 Å². The van der Waals surface area contributed by atoms with E-state index in [9.17, 15) is 19.5 Å². The Labute approximate surface area is 109 Å². The molecule has 102 valence electrons.